The number of nitrogens with zero attached hydrogens (tertiary/aromatic N) is 2. The van der Waals surface area contributed by atoms with Crippen molar-refractivity contribution >= 4 is 34.6 Å². The molecule has 6 nitrogen and oxygen atoms in total. The number of aryl methyl sites for hydroxylation is 1. The Morgan fingerprint density at radius 3 is 2.62 bits per heavy atom. The maximum atomic E-state index is 13.0. The summed E-state index contributed by atoms with van der Waals surface area (Å²) < 4.78 is 15.1. The summed E-state index contributed by atoms with van der Waals surface area (Å²) >= 11 is 1.35. The highest BCUT2D eigenvalue weighted by molar-refractivity contribution is 7.99. The van der Waals surface area contributed by atoms with Crippen molar-refractivity contribution in [3.05, 3.63) is 59.9 Å². The quantitative estimate of drug-likeness (QED) is 0.527. The minimum Gasteiger partial charge on any atom is -0.369 e. The van der Waals surface area contributed by atoms with Crippen LogP contribution < -0.4 is 11.1 Å². The zero-order chi connectivity index (χ0) is 20.8. The van der Waals surface area contributed by atoms with Crippen LogP contribution >= 0.6 is 11.8 Å². The summed E-state index contributed by atoms with van der Waals surface area (Å²) in [5, 5.41) is 3.54. The standard InChI is InChI=1S/C21H23FN4O2S/c1-2-26-18-6-4-3-5-17(18)25-21(26)29-13-19(27)24-12-15(20(23)28)11-14-7-9-16(22)10-8-14/h3-10,15H,2,11-13H2,1H3,(H2,23,28)(H,24,27)/t15-/m0/s1. The molecule has 1 atom stereocenters. The van der Waals surface area contributed by atoms with Gasteiger partial charge >= 0.3 is 0 Å². The highest BCUT2D eigenvalue weighted by Crippen LogP contribution is 2.23. The molecule has 0 aliphatic carbocycles. The molecule has 3 aromatic rings. The molecule has 0 unspecified atom stereocenters. The van der Waals surface area contributed by atoms with Crippen LogP contribution in [0.15, 0.2) is 53.7 Å². The number of amides is 2. The van der Waals surface area contributed by atoms with Crippen LogP contribution in [0.1, 0.15) is 12.5 Å². The van der Waals surface area contributed by atoms with Gasteiger partial charge in [0.05, 0.1) is 22.7 Å². The molecule has 3 N–H and O–H groups in total. The SMILES string of the molecule is CCn1c(SCC(=O)NC[C@H](Cc2ccc(F)cc2)C(N)=O)nc2ccccc21. The number of nitrogens with two attached hydrogens (primary N) is 1. The summed E-state index contributed by atoms with van der Waals surface area (Å²) in [4.78, 5) is 28.6. The number of carbonyl (C=O) groups excluding carboxylic acids is 2. The van der Waals surface area contributed by atoms with E-state index in [1.54, 1.807) is 12.1 Å². The largest absolute Gasteiger partial charge is 0.369 e. The van der Waals surface area contributed by atoms with Gasteiger partial charge in [0.1, 0.15) is 5.82 Å². The average Bonchev–Trinajstić information content (AvgIpc) is 3.08. The molecule has 1 heterocycles. The van der Waals surface area contributed by atoms with E-state index < -0.39 is 11.8 Å². The molecular formula is C21H23FN4O2S. The number of hydrogen-bond donors (Lipinski definition) is 2. The monoisotopic (exact) mass is 414 g/mol. The molecule has 152 valence electrons. The third kappa shape index (κ3) is 5.35. The van der Waals surface area contributed by atoms with E-state index in [0.29, 0.717) is 6.42 Å². The second-order valence-electron chi connectivity index (χ2n) is 6.65. The average molecular weight is 415 g/mol. The normalized spacial score (nSPS) is 12.1. The molecule has 0 radical (unpaired) electrons. The molecule has 8 heteroatoms. The Kier molecular flexibility index (Phi) is 6.87. The van der Waals surface area contributed by atoms with E-state index in [4.69, 9.17) is 5.73 Å². The molecule has 0 bridgehead atoms. The molecule has 0 aliphatic heterocycles. The van der Waals surface area contributed by atoms with Gasteiger partial charge in [0, 0.05) is 13.1 Å². The van der Waals surface area contributed by atoms with E-state index in [1.807, 2.05) is 31.2 Å². The van der Waals surface area contributed by atoms with Gasteiger partial charge in [-0.25, -0.2) is 9.37 Å². The van der Waals surface area contributed by atoms with Gasteiger partial charge in [-0.15, -0.1) is 0 Å². The molecule has 2 aromatic carbocycles. The van der Waals surface area contributed by atoms with Crippen molar-refractivity contribution in [3.8, 4) is 0 Å². The molecule has 1 aromatic heterocycles. The van der Waals surface area contributed by atoms with Gasteiger partial charge in [-0.3, -0.25) is 9.59 Å². The lowest BCUT2D eigenvalue weighted by molar-refractivity contribution is -0.122. The van der Waals surface area contributed by atoms with Crippen LogP contribution in [-0.4, -0.2) is 33.7 Å². The minimum atomic E-state index is -0.561. The number of thioether (sulfide) groups is 1. The first kappa shape index (κ1) is 20.9. The van der Waals surface area contributed by atoms with Crippen LogP contribution in [0.2, 0.25) is 0 Å². The first-order valence-corrected chi connectivity index (χ1v) is 10.3. The van der Waals surface area contributed by atoms with Crippen molar-refractivity contribution in [1.29, 1.82) is 0 Å². The van der Waals surface area contributed by atoms with Crippen molar-refractivity contribution in [2.24, 2.45) is 11.7 Å². The first-order valence-electron chi connectivity index (χ1n) is 9.36. The van der Waals surface area contributed by atoms with Crippen LogP contribution in [0.3, 0.4) is 0 Å². The number of para-hydroxylation sites is 2. The van der Waals surface area contributed by atoms with Gasteiger partial charge in [0.2, 0.25) is 11.8 Å². The predicted octanol–water partition coefficient (Wildman–Crippen LogP) is 2.75. The van der Waals surface area contributed by atoms with Gasteiger partial charge in [0.15, 0.2) is 5.16 Å². The molecule has 2 amide bonds. The Balaban J connectivity index is 1.56. The van der Waals surface area contributed by atoms with Crippen molar-refractivity contribution in [1.82, 2.24) is 14.9 Å². The molecular weight excluding hydrogens is 391 g/mol. The lowest BCUT2D eigenvalue weighted by atomic mass is 9.98. The predicted molar refractivity (Wildman–Crippen MR) is 112 cm³/mol. The molecule has 3 rings (SSSR count). The van der Waals surface area contributed by atoms with Crippen LogP contribution in [0.25, 0.3) is 11.0 Å². The maximum absolute atomic E-state index is 13.0. The van der Waals surface area contributed by atoms with Crippen molar-refractivity contribution in [2.75, 3.05) is 12.3 Å². The summed E-state index contributed by atoms with van der Waals surface area (Å²) in [6.45, 7) is 2.92. The Morgan fingerprint density at radius 1 is 1.21 bits per heavy atom. The van der Waals surface area contributed by atoms with E-state index in [2.05, 4.69) is 14.9 Å². The fourth-order valence-electron chi connectivity index (χ4n) is 3.07. The smallest absolute Gasteiger partial charge is 0.230 e. The Morgan fingerprint density at radius 2 is 1.93 bits per heavy atom. The Hall–Kier alpha value is -2.87. The second-order valence-corrected chi connectivity index (χ2v) is 7.59. The zero-order valence-electron chi connectivity index (χ0n) is 16.1. The van der Waals surface area contributed by atoms with E-state index in [0.717, 1.165) is 28.3 Å². The lowest BCUT2D eigenvalue weighted by Crippen LogP contribution is -2.38. The number of carbonyl (C=O) groups is 2. The fraction of sp³-hybridized carbons (Fsp3) is 0.286. The van der Waals surface area contributed by atoms with Crippen molar-refractivity contribution in [3.63, 3.8) is 0 Å². The highest BCUT2D eigenvalue weighted by atomic mass is 32.2. The van der Waals surface area contributed by atoms with E-state index in [9.17, 15) is 14.0 Å². The van der Waals surface area contributed by atoms with Crippen molar-refractivity contribution in [2.45, 2.75) is 25.0 Å². The maximum Gasteiger partial charge on any atom is 0.230 e. The number of nitrogens with one attached hydrogen (secondary N) is 1. The van der Waals surface area contributed by atoms with Crippen LogP contribution in [-0.2, 0) is 22.6 Å². The molecule has 0 fully saturated rings. The topological polar surface area (TPSA) is 90.0 Å². The summed E-state index contributed by atoms with van der Waals surface area (Å²) in [6, 6.07) is 13.7. The van der Waals surface area contributed by atoms with Crippen LogP contribution in [0.5, 0.6) is 0 Å². The number of aromatic nitrogens is 2. The summed E-state index contributed by atoms with van der Waals surface area (Å²) in [7, 11) is 0. The number of hydrogen-bond acceptors (Lipinski definition) is 4. The van der Waals surface area contributed by atoms with Crippen LogP contribution in [0.4, 0.5) is 4.39 Å². The van der Waals surface area contributed by atoms with Gasteiger partial charge in [-0.2, -0.15) is 0 Å². The first-order chi connectivity index (χ1) is 14.0. The third-order valence-corrected chi connectivity index (χ3v) is 5.59. The third-order valence-electron chi connectivity index (χ3n) is 4.61. The zero-order valence-corrected chi connectivity index (χ0v) is 16.9. The number of primary amides is 1. The van der Waals surface area contributed by atoms with E-state index in [1.165, 1.54) is 23.9 Å². The number of rotatable bonds is 9. The van der Waals surface area contributed by atoms with Gasteiger partial charge in [-0.1, -0.05) is 36.0 Å². The van der Waals surface area contributed by atoms with Crippen LogP contribution in [0, 0.1) is 11.7 Å². The number of benzene rings is 2. The van der Waals surface area contributed by atoms with Gasteiger partial charge in [-0.05, 0) is 43.2 Å². The summed E-state index contributed by atoms with van der Waals surface area (Å²) in [5.41, 5.74) is 8.18. The Labute approximate surface area is 172 Å². The summed E-state index contributed by atoms with van der Waals surface area (Å²) in [6.07, 6.45) is 0.342. The lowest BCUT2D eigenvalue weighted by Gasteiger charge is -2.14. The van der Waals surface area contributed by atoms with Gasteiger partial charge in [0.25, 0.3) is 0 Å². The molecule has 0 aliphatic rings. The van der Waals surface area contributed by atoms with E-state index >= 15 is 0 Å². The summed E-state index contributed by atoms with van der Waals surface area (Å²) in [5.74, 6) is -1.42. The van der Waals surface area contributed by atoms with E-state index in [-0.39, 0.29) is 24.0 Å². The molecule has 29 heavy (non-hydrogen) atoms. The van der Waals surface area contributed by atoms with Gasteiger partial charge < -0.3 is 15.6 Å². The minimum absolute atomic E-state index is 0.135. The second kappa shape index (κ2) is 9.56. The number of imidazole rings is 1. The highest BCUT2D eigenvalue weighted by Gasteiger charge is 2.18. The number of fused-ring (bicyclic) bond motifs is 1. The molecule has 0 saturated heterocycles. The number of halogens is 1. The fourth-order valence-corrected chi connectivity index (χ4v) is 3.97. The van der Waals surface area contributed by atoms with Crippen molar-refractivity contribution < 1.29 is 14.0 Å². The Bertz CT molecular complexity index is 1000. The molecule has 0 spiro atoms. The molecule has 0 saturated carbocycles.